The Morgan fingerprint density at radius 3 is 1.95 bits per heavy atom. The molecule has 0 saturated heterocycles. The molecule has 0 spiro atoms. The molecule has 0 bridgehead atoms. The number of ketones is 1. The molecule has 0 aliphatic rings. The molecule has 2 heterocycles. The van der Waals surface area contributed by atoms with Gasteiger partial charge in [-0.25, -0.2) is 8.78 Å². The lowest BCUT2D eigenvalue weighted by Gasteiger charge is -2.05. The highest BCUT2D eigenvalue weighted by Crippen LogP contribution is 2.20. The number of amides is 1. The number of nitrogens with zero attached hydrogens (tertiary/aromatic N) is 4. The summed E-state index contributed by atoms with van der Waals surface area (Å²) >= 11 is 2.70. The van der Waals surface area contributed by atoms with Crippen molar-refractivity contribution in [3.63, 3.8) is 0 Å². The van der Waals surface area contributed by atoms with Crippen LogP contribution in [0.2, 0.25) is 0 Å². The quantitative estimate of drug-likeness (QED) is 0.236. The van der Waals surface area contributed by atoms with Gasteiger partial charge >= 0.3 is 0 Å². The van der Waals surface area contributed by atoms with Crippen LogP contribution in [0.15, 0.2) is 36.4 Å². The normalized spacial score (nSPS) is 11.1. The van der Waals surface area contributed by atoms with E-state index in [9.17, 15) is 18.4 Å². The van der Waals surface area contributed by atoms with Crippen molar-refractivity contribution < 1.29 is 18.4 Å². The monoisotopic (exact) mass is 555 g/mol. The van der Waals surface area contributed by atoms with Gasteiger partial charge in [0.15, 0.2) is 0 Å². The van der Waals surface area contributed by atoms with E-state index >= 15 is 0 Å². The molecule has 38 heavy (non-hydrogen) atoms. The fourth-order valence-corrected chi connectivity index (χ4v) is 5.60. The highest BCUT2D eigenvalue weighted by Gasteiger charge is 2.15. The molecule has 0 aliphatic carbocycles. The van der Waals surface area contributed by atoms with Crippen LogP contribution in [0.25, 0.3) is 0 Å². The van der Waals surface area contributed by atoms with E-state index in [2.05, 4.69) is 25.7 Å². The number of aryl methyl sites for hydroxylation is 4. The minimum atomic E-state index is -0.368. The smallest absolute Gasteiger partial charge is 0.230 e. The van der Waals surface area contributed by atoms with Gasteiger partial charge in [0, 0.05) is 19.3 Å². The van der Waals surface area contributed by atoms with Gasteiger partial charge < -0.3 is 5.32 Å². The van der Waals surface area contributed by atoms with E-state index in [1.54, 1.807) is 50.2 Å². The molecule has 1 N–H and O–H groups in total. The maximum atomic E-state index is 14.1. The van der Waals surface area contributed by atoms with E-state index in [0.29, 0.717) is 38.8 Å². The molecule has 0 fully saturated rings. The molecule has 0 aliphatic heterocycles. The Kier molecular flexibility index (Phi) is 9.35. The van der Waals surface area contributed by atoms with E-state index in [1.807, 2.05) is 0 Å². The predicted octanol–water partition coefficient (Wildman–Crippen LogP) is 5.39. The summed E-state index contributed by atoms with van der Waals surface area (Å²) in [6.45, 7) is 3.34. The van der Waals surface area contributed by atoms with Crippen LogP contribution in [-0.4, -0.2) is 32.1 Å². The molecule has 198 valence electrons. The lowest BCUT2D eigenvalue weighted by atomic mass is 10.0. The minimum absolute atomic E-state index is 0.0372. The number of Topliss-reactive ketones (excluding diaryl/α,β-unsaturated/α-hetero) is 1. The third-order valence-electron chi connectivity index (χ3n) is 5.88. The van der Waals surface area contributed by atoms with Crippen molar-refractivity contribution in [3.8, 4) is 0 Å². The average molecular weight is 556 g/mol. The van der Waals surface area contributed by atoms with Crippen molar-refractivity contribution in [2.24, 2.45) is 0 Å². The van der Waals surface area contributed by atoms with Crippen molar-refractivity contribution in [1.82, 2.24) is 20.4 Å². The lowest BCUT2D eigenvalue weighted by molar-refractivity contribution is -0.118. The summed E-state index contributed by atoms with van der Waals surface area (Å²) in [6, 6.07) is 10.0. The molecule has 7 nitrogen and oxygen atoms in total. The van der Waals surface area contributed by atoms with Gasteiger partial charge in [0.1, 0.15) is 32.4 Å². The molecule has 0 unspecified atom stereocenters. The van der Waals surface area contributed by atoms with Gasteiger partial charge in [-0.05, 0) is 48.9 Å². The van der Waals surface area contributed by atoms with Gasteiger partial charge in [-0.15, -0.1) is 31.7 Å². The van der Waals surface area contributed by atoms with Crippen molar-refractivity contribution in [2.45, 2.75) is 58.8 Å². The maximum Gasteiger partial charge on any atom is 0.230 e. The minimum Gasteiger partial charge on any atom is -0.300 e. The highest BCUT2D eigenvalue weighted by atomic mass is 32.1. The lowest BCUT2D eigenvalue weighted by Crippen LogP contribution is -2.15. The molecule has 0 atom stereocenters. The van der Waals surface area contributed by atoms with E-state index in [-0.39, 0.29) is 42.6 Å². The first-order chi connectivity index (χ1) is 18.3. The molecule has 1 amide bonds. The molecule has 4 aromatic rings. The van der Waals surface area contributed by atoms with Crippen molar-refractivity contribution >= 4 is 39.5 Å². The first kappa shape index (κ1) is 27.6. The van der Waals surface area contributed by atoms with Gasteiger partial charge in [-0.3, -0.25) is 9.59 Å². The first-order valence-corrected chi connectivity index (χ1v) is 13.8. The number of anilines is 1. The molecule has 0 radical (unpaired) electrons. The second-order valence-corrected chi connectivity index (χ2v) is 11.2. The van der Waals surface area contributed by atoms with Crippen LogP contribution >= 0.6 is 22.7 Å². The van der Waals surface area contributed by atoms with Gasteiger partial charge in [0.25, 0.3) is 0 Å². The number of nitrogens with one attached hydrogen (secondary N) is 1. The van der Waals surface area contributed by atoms with Crippen molar-refractivity contribution in [2.75, 3.05) is 5.32 Å². The molecule has 2 aromatic carbocycles. The van der Waals surface area contributed by atoms with E-state index < -0.39 is 0 Å². The van der Waals surface area contributed by atoms with Gasteiger partial charge in [0.2, 0.25) is 11.0 Å². The third kappa shape index (κ3) is 7.55. The number of carbonyl (C=O) groups excluding carboxylic acids is 2. The maximum absolute atomic E-state index is 14.1. The van der Waals surface area contributed by atoms with E-state index in [0.717, 1.165) is 29.3 Å². The number of aromatic nitrogens is 4. The molecule has 4 rings (SSSR count). The Morgan fingerprint density at radius 2 is 1.29 bits per heavy atom. The van der Waals surface area contributed by atoms with Crippen LogP contribution in [0, 0.1) is 25.5 Å². The summed E-state index contributed by atoms with van der Waals surface area (Å²) in [4.78, 5) is 24.7. The molecular formula is C27H27F2N5O2S2. The molecular weight excluding hydrogens is 528 g/mol. The molecule has 11 heteroatoms. The Balaban J connectivity index is 1.17. The van der Waals surface area contributed by atoms with E-state index in [1.165, 1.54) is 22.7 Å². The van der Waals surface area contributed by atoms with Crippen LogP contribution in [0.1, 0.15) is 50.1 Å². The number of carbonyl (C=O) groups is 2. The number of unbranched alkanes of at least 4 members (excludes halogenated alkanes) is 1. The van der Waals surface area contributed by atoms with E-state index in [4.69, 9.17) is 0 Å². The van der Waals surface area contributed by atoms with Crippen LogP contribution in [0.3, 0.4) is 0 Å². The van der Waals surface area contributed by atoms with Crippen LogP contribution in [0.5, 0.6) is 0 Å². The standard InChI is InChI=1S/C27H27F2N5O2S2/c1-16-7-5-9-18(25(16)28)13-20(35)15-24-33-31-22(37-24)11-3-4-12-23-32-34-27(38-23)30-21(36)14-19-10-6-8-17(2)26(19)29/h5-10H,3-4,11-15H2,1-2H3,(H,30,34,36). The highest BCUT2D eigenvalue weighted by molar-refractivity contribution is 7.15. The Morgan fingerprint density at radius 1 is 0.737 bits per heavy atom. The Hall–Kier alpha value is -3.44. The average Bonchev–Trinajstić information content (AvgIpc) is 3.52. The fourth-order valence-electron chi connectivity index (χ4n) is 3.89. The van der Waals surface area contributed by atoms with Crippen molar-refractivity contribution in [3.05, 3.63) is 85.3 Å². The molecule has 0 saturated carbocycles. The van der Waals surface area contributed by atoms with Crippen LogP contribution < -0.4 is 5.32 Å². The number of halogens is 2. The molecule has 2 aromatic heterocycles. The summed E-state index contributed by atoms with van der Waals surface area (Å²) in [6.07, 6.45) is 3.23. The van der Waals surface area contributed by atoms with Crippen LogP contribution in [0.4, 0.5) is 13.9 Å². The zero-order chi connectivity index (χ0) is 27.1. The topological polar surface area (TPSA) is 97.7 Å². The fraction of sp³-hybridized carbons (Fsp3) is 0.333. The summed E-state index contributed by atoms with van der Waals surface area (Å²) in [5.74, 6) is -1.14. The zero-order valence-electron chi connectivity index (χ0n) is 21.1. The number of hydrogen-bond donors (Lipinski definition) is 1. The summed E-state index contributed by atoms with van der Waals surface area (Å²) in [5, 5.41) is 21.8. The van der Waals surface area contributed by atoms with Crippen molar-refractivity contribution in [1.29, 1.82) is 0 Å². The Bertz CT molecular complexity index is 1330. The SMILES string of the molecule is Cc1cccc(CC(=O)Cc2nnc(CCCCc3nnc(NC(=O)Cc4cccc(C)c4F)s3)s2)c1F. The van der Waals surface area contributed by atoms with Gasteiger partial charge in [-0.1, -0.05) is 47.7 Å². The summed E-state index contributed by atoms with van der Waals surface area (Å²) in [7, 11) is 0. The first-order valence-electron chi connectivity index (χ1n) is 12.2. The van der Waals surface area contributed by atoms with Gasteiger partial charge in [-0.2, -0.15) is 0 Å². The zero-order valence-corrected chi connectivity index (χ0v) is 22.7. The largest absolute Gasteiger partial charge is 0.300 e. The van der Waals surface area contributed by atoms with Gasteiger partial charge in [0.05, 0.1) is 12.8 Å². The summed E-state index contributed by atoms with van der Waals surface area (Å²) < 4.78 is 28.3. The number of benzene rings is 2. The third-order valence-corrected chi connectivity index (χ3v) is 7.77. The summed E-state index contributed by atoms with van der Waals surface area (Å²) in [5.41, 5.74) is 1.77. The number of hydrogen-bond acceptors (Lipinski definition) is 8. The second kappa shape index (κ2) is 12.9. The predicted molar refractivity (Wildman–Crippen MR) is 143 cm³/mol. The second-order valence-electron chi connectivity index (χ2n) is 9.01. The number of rotatable bonds is 12. The Labute approximate surface area is 227 Å². The van der Waals surface area contributed by atoms with Crippen LogP contribution in [-0.2, 0) is 41.7 Å².